The SMILES string of the molecule is CON=C(SCCC(F)(F)F)C(=O)O. The Morgan fingerprint density at radius 3 is 2.50 bits per heavy atom. The summed E-state index contributed by atoms with van der Waals surface area (Å²) >= 11 is 0.487. The van der Waals surface area contributed by atoms with Crippen LogP contribution in [0.2, 0.25) is 0 Å². The molecular weight excluding hydrogens is 223 g/mol. The number of oxime groups is 1. The highest BCUT2D eigenvalue weighted by atomic mass is 32.2. The molecule has 82 valence electrons. The first kappa shape index (κ1) is 13.1. The average Bonchev–Trinajstić information content (AvgIpc) is 2.00. The molecule has 8 heteroatoms. The van der Waals surface area contributed by atoms with Crippen LogP contribution in [0.3, 0.4) is 0 Å². The van der Waals surface area contributed by atoms with Crippen molar-refractivity contribution < 1.29 is 27.9 Å². The van der Waals surface area contributed by atoms with Gasteiger partial charge in [-0.25, -0.2) is 4.79 Å². The topological polar surface area (TPSA) is 58.9 Å². The van der Waals surface area contributed by atoms with Crippen LogP contribution in [0.15, 0.2) is 5.16 Å². The van der Waals surface area contributed by atoms with Crippen LogP contribution in [0, 0.1) is 0 Å². The highest BCUT2D eigenvalue weighted by Gasteiger charge is 2.27. The zero-order valence-electron chi connectivity index (χ0n) is 7.17. The van der Waals surface area contributed by atoms with Crippen LogP contribution in [-0.4, -0.2) is 35.2 Å². The number of carbonyl (C=O) groups is 1. The second kappa shape index (κ2) is 5.74. The largest absolute Gasteiger partial charge is 0.476 e. The van der Waals surface area contributed by atoms with E-state index < -0.39 is 29.4 Å². The molecule has 0 fully saturated rings. The van der Waals surface area contributed by atoms with Gasteiger partial charge in [0, 0.05) is 5.75 Å². The van der Waals surface area contributed by atoms with E-state index in [9.17, 15) is 18.0 Å². The normalized spacial score (nSPS) is 12.7. The van der Waals surface area contributed by atoms with Crippen LogP contribution in [0.1, 0.15) is 6.42 Å². The number of carboxylic acid groups (broad SMARTS) is 1. The molecule has 0 atom stereocenters. The van der Waals surface area contributed by atoms with Gasteiger partial charge in [-0.05, 0) is 0 Å². The van der Waals surface area contributed by atoms with Crippen LogP contribution in [0.5, 0.6) is 0 Å². The number of nitrogens with zero attached hydrogens (tertiary/aromatic N) is 1. The van der Waals surface area contributed by atoms with E-state index >= 15 is 0 Å². The Kier molecular flexibility index (Phi) is 5.36. The maximum Gasteiger partial charge on any atom is 0.389 e. The van der Waals surface area contributed by atoms with Gasteiger partial charge in [-0.3, -0.25) is 0 Å². The summed E-state index contributed by atoms with van der Waals surface area (Å²) < 4.78 is 35.0. The molecule has 0 heterocycles. The van der Waals surface area contributed by atoms with Crippen LogP contribution in [0.25, 0.3) is 0 Å². The Hall–Kier alpha value is -0.920. The van der Waals surface area contributed by atoms with E-state index in [0.717, 1.165) is 7.11 Å². The Morgan fingerprint density at radius 2 is 2.14 bits per heavy atom. The molecule has 1 N–H and O–H groups in total. The van der Waals surface area contributed by atoms with Crippen LogP contribution in [0.4, 0.5) is 13.2 Å². The van der Waals surface area contributed by atoms with Crippen molar-refractivity contribution in [3.8, 4) is 0 Å². The quantitative estimate of drug-likeness (QED) is 0.456. The van der Waals surface area contributed by atoms with Crippen molar-refractivity contribution in [2.24, 2.45) is 5.16 Å². The molecular formula is C6H8F3NO3S. The number of rotatable bonds is 3. The Balaban J connectivity index is 3.97. The summed E-state index contributed by atoms with van der Waals surface area (Å²) in [5, 5.41) is 11.0. The van der Waals surface area contributed by atoms with Crippen LogP contribution in [-0.2, 0) is 9.63 Å². The van der Waals surface area contributed by atoms with E-state index in [4.69, 9.17) is 5.11 Å². The van der Waals surface area contributed by atoms with Gasteiger partial charge >= 0.3 is 12.1 Å². The van der Waals surface area contributed by atoms with Crippen LogP contribution < -0.4 is 0 Å². The van der Waals surface area contributed by atoms with Crippen molar-refractivity contribution >= 4 is 22.8 Å². The summed E-state index contributed by atoms with van der Waals surface area (Å²) in [5.74, 6) is -1.79. The minimum atomic E-state index is -4.29. The van der Waals surface area contributed by atoms with Gasteiger partial charge in [0.15, 0.2) is 0 Å². The van der Waals surface area contributed by atoms with Gasteiger partial charge in [-0.15, -0.1) is 0 Å². The number of carboxylic acids is 1. The number of halogens is 3. The first-order valence-corrected chi connectivity index (χ1v) is 4.39. The van der Waals surface area contributed by atoms with Gasteiger partial charge in [0.05, 0.1) is 6.42 Å². The zero-order valence-corrected chi connectivity index (χ0v) is 7.98. The maximum absolute atomic E-state index is 11.7. The fourth-order valence-electron chi connectivity index (χ4n) is 0.473. The van der Waals surface area contributed by atoms with Crippen molar-refractivity contribution in [1.29, 1.82) is 0 Å². The van der Waals surface area contributed by atoms with Gasteiger partial charge in [-0.1, -0.05) is 16.9 Å². The first-order chi connectivity index (χ1) is 6.37. The van der Waals surface area contributed by atoms with Crippen molar-refractivity contribution in [2.75, 3.05) is 12.9 Å². The second-order valence-electron chi connectivity index (χ2n) is 2.10. The number of aliphatic carboxylic acids is 1. The molecule has 0 saturated carbocycles. The average molecular weight is 231 g/mol. The third-order valence-electron chi connectivity index (χ3n) is 0.981. The Bertz CT molecular complexity index is 229. The minimum Gasteiger partial charge on any atom is -0.476 e. The lowest BCUT2D eigenvalue weighted by molar-refractivity contribution is -0.130. The maximum atomic E-state index is 11.7. The fraction of sp³-hybridized carbons (Fsp3) is 0.667. The molecule has 0 spiro atoms. The molecule has 0 unspecified atom stereocenters. The molecule has 0 aromatic carbocycles. The molecule has 0 bridgehead atoms. The van der Waals surface area contributed by atoms with E-state index in [1.165, 1.54) is 0 Å². The predicted octanol–water partition coefficient (Wildman–Crippen LogP) is 1.72. The van der Waals surface area contributed by atoms with E-state index in [1.54, 1.807) is 0 Å². The monoisotopic (exact) mass is 231 g/mol. The molecule has 0 aromatic rings. The number of thioether (sulfide) groups is 1. The van der Waals surface area contributed by atoms with E-state index in [0.29, 0.717) is 11.8 Å². The molecule has 0 rings (SSSR count). The van der Waals surface area contributed by atoms with E-state index in [-0.39, 0.29) is 0 Å². The minimum absolute atomic E-state index is 0.391. The molecule has 0 aliphatic heterocycles. The summed E-state index contributed by atoms with van der Waals surface area (Å²) in [7, 11) is 1.12. The lowest BCUT2D eigenvalue weighted by atomic mass is 10.5. The Morgan fingerprint density at radius 1 is 1.57 bits per heavy atom. The first-order valence-electron chi connectivity index (χ1n) is 3.41. The summed E-state index contributed by atoms with van der Waals surface area (Å²) in [6.45, 7) is 0. The Labute approximate surface area is 82.1 Å². The van der Waals surface area contributed by atoms with Gasteiger partial charge in [0.2, 0.25) is 5.04 Å². The van der Waals surface area contributed by atoms with Crippen molar-refractivity contribution in [1.82, 2.24) is 0 Å². The summed E-state index contributed by atoms with van der Waals surface area (Å²) in [6, 6.07) is 0. The summed E-state index contributed by atoms with van der Waals surface area (Å²) in [6.07, 6.45) is -5.35. The molecule has 0 radical (unpaired) electrons. The number of alkyl halides is 3. The highest BCUT2D eigenvalue weighted by Crippen LogP contribution is 2.22. The standard InChI is InChI=1S/C6H8F3NO3S/c1-13-10-4(5(11)12)14-3-2-6(7,8)9/h2-3H2,1H3,(H,11,12). The van der Waals surface area contributed by atoms with Gasteiger partial charge < -0.3 is 9.94 Å². The van der Waals surface area contributed by atoms with Gasteiger partial charge in [-0.2, -0.15) is 13.2 Å². The second-order valence-corrected chi connectivity index (χ2v) is 3.18. The molecule has 14 heavy (non-hydrogen) atoms. The van der Waals surface area contributed by atoms with Crippen molar-refractivity contribution in [3.63, 3.8) is 0 Å². The molecule has 4 nitrogen and oxygen atoms in total. The highest BCUT2D eigenvalue weighted by molar-refractivity contribution is 8.15. The number of hydrogen-bond donors (Lipinski definition) is 1. The van der Waals surface area contributed by atoms with Crippen molar-refractivity contribution in [2.45, 2.75) is 12.6 Å². The van der Waals surface area contributed by atoms with Gasteiger partial charge in [0.25, 0.3) is 0 Å². The molecule has 0 aliphatic carbocycles. The van der Waals surface area contributed by atoms with Crippen molar-refractivity contribution in [3.05, 3.63) is 0 Å². The van der Waals surface area contributed by atoms with Gasteiger partial charge in [0.1, 0.15) is 7.11 Å². The molecule has 0 aromatic heterocycles. The molecule has 0 saturated heterocycles. The zero-order chi connectivity index (χ0) is 11.2. The third kappa shape index (κ3) is 6.58. The molecule has 0 amide bonds. The van der Waals surface area contributed by atoms with Crippen LogP contribution >= 0.6 is 11.8 Å². The molecule has 0 aliphatic rings. The lowest BCUT2D eigenvalue weighted by Gasteiger charge is -2.04. The fourth-order valence-corrected chi connectivity index (χ4v) is 1.25. The lowest BCUT2D eigenvalue weighted by Crippen LogP contribution is -2.13. The predicted molar refractivity (Wildman–Crippen MR) is 45.2 cm³/mol. The van der Waals surface area contributed by atoms with E-state index in [2.05, 4.69) is 9.99 Å². The smallest absolute Gasteiger partial charge is 0.389 e. The third-order valence-corrected chi connectivity index (χ3v) is 1.91. The summed E-state index contributed by atoms with van der Waals surface area (Å²) in [5.41, 5.74) is 0. The number of hydrogen-bond acceptors (Lipinski definition) is 4. The van der Waals surface area contributed by atoms with E-state index in [1.807, 2.05) is 0 Å². The summed E-state index contributed by atoms with van der Waals surface area (Å²) in [4.78, 5) is 14.5.